The number of ketones is 1. The van der Waals surface area contributed by atoms with Crippen molar-refractivity contribution in [2.24, 2.45) is 0 Å². The van der Waals surface area contributed by atoms with Crippen LogP contribution in [0.25, 0.3) is 0 Å². The second-order valence-electron chi connectivity index (χ2n) is 3.76. The zero-order valence-corrected chi connectivity index (χ0v) is 9.75. The van der Waals surface area contributed by atoms with Crippen molar-refractivity contribution in [1.82, 2.24) is 0 Å². The molecule has 0 heterocycles. The van der Waals surface area contributed by atoms with Crippen LogP contribution in [0.4, 0.5) is 0 Å². The highest BCUT2D eigenvalue weighted by Crippen LogP contribution is 2.25. The van der Waals surface area contributed by atoms with Gasteiger partial charge in [0.15, 0.2) is 5.78 Å². The van der Waals surface area contributed by atoms with Gasteiger partial charge < -0.3 is 14.9 Å². The van der Waals surface area contributed by atoms with Gasteiger partial charge in [-0.05, 0) is 36.4 Å². The standard InChI is InChI=1S/C14H12O4/c1-18-11-5-2-9(3-6-11)14(17)12-7-4-10(15)8-13(12)16/h2-8,15-16H,1H3. The molecule has 0 fully saturated rings. The second kappa shape index (κ2) is 4.79. The molecule has 2 aromatic rings. The summed E-state index contributed by atoms with van der Waals surface area (Å²) in [4.78, 5) is 12.1. The van der Waals surface area contributed by atoms with E-state index in [9.17, 15) is 15.0 Å². The van der Waals surface area contributed by atoms with Gasteiger partial charge in [-0.3, -0.25) is 4.79 Å². The fourth-order valence-electron chi connectivity index (χ4n) is 1.61. The topological polar surface area (TPSA) is 66.8 Å². The molecule has 0 unspecified atom stereocenters. The molecular weight excluding hydrogens is 232 g/mol. The summed E-state index contributed by atoms with van der Waals surface area (Å²) in [5.41, 5.74) is 0.592. The summed E-state index contributed by atoms with van der Waals surface area (Å²) in [6.45, 7) is 0. The van der Waals surface area contributed by atoms with Gasteiger partial charge in [-0.25, -0.2) is 0 Å². The summed E-state index contributed by atoms with van der Waals surface area (Å²) in [5.74, 6) is 0.0197. The van der Waals surface area contributed by atoms with Gasteiger partial charge in [0.05, 0.1) is 12.7 Å². The highest BCUT2D eigenvalue weighted by molar-refractivity contribution is 6.10. The number of carbonyl (C=O) groups excluding carboxylic acids is 1. The van der Waals surface area contributed by atoms with Crippen LogP contribution >= 0.6 is 0 Å². The average Bonchev–Trinajstić information content (AvgIpc) is 2.38. The molecule has 18 heavy (non-hydrogen) atoms. The van der Waals surface area contributed by atoms with Crippen LogP contribution in [0.1, 0.15) is 15.9 Å². The Labute approximate surface area is 104 Å². The van der Waals surface area contributed by atoms with E-state index in [0.29, 0.717) is 11.3 Å². The van der Waals surface area contributed by atoms with Crippen LogP contribution in [0.3, 0.4) is 0 Å². The molecule has 0 aromatic heterocycles. The highest BCUT2D eigenvalue weighted by Gasteiger charge is 2.13. The van der Waals surface area contributed by atoms with Crippen LogP contribution in [-0.2, 0) is 0 Å². The third kappa shape index (κ3) is 2.27. The Bertz CT molecular complexity index is 573. The highest BCUT2D eigenvalue weighted by atomic mass is 16.5. The van der Waals surface area contributed by atoms with Crippen LogP contribution in [-0.4, -0.2) is 23.1 Å². The number of hydrogen-bond acceptors (Lipinski definition) is 4. The van der Waals surface area contributed by atoms with Gasteiger partial charge in [-0.1, -0.05) is 0 Å². The SMILES string of the molecule is COc1ccc(C(=O)c2ccc(O)cc2O)cc1. The maximum atomic E-state index is 12.1. The van der Waals surface area contributed by atoms with E-state index in [1.165, 1.54) is 12.1 Å². The van der Waals surface area contributed by atoms with Gasteiger partial charge in [0.1, 0.15) is 17.2 Å². The lowest BCUT2D eigenvalue weighted by Gasteiger charge is -2.05. The van der Waals surface area contributed by atoms with Crippen LogP contribution in [0.2, 0.25) is 0 Å². The Morgan fingerprint density at radius 2 is 1.72 bits per heavy atom. The predicted octanol–water partition coefficient (Wildman–Crippen LogP) is 2.34. The lowest BCUT2D eigenvalue weighted by Crippen LogP contribution is -2.01. The predicted molar refractivity (Wildman–Crippen MR) is 66.2 cm³/mol. The molecule has 92 valence electrons. The third-order valence-electron chi connectivity index (χ3n) is 2.58. The van der Waals surface area contributed by atoms with Crippen LogP contribution in [0, 0.1) is 0 Å². The fourth-order valence-corrected chi connectivity index (χ4v) is 1.61. The Kier molecular flexibility index (Phi) is 3.19. The molecule has 4 heteroatoms. The number of carbonyl (C=O) groups is 1. The number of aromatic hydroxyl groups is 2. The fraction of sp³-hybridized carbons (Fsp3) is 0.0714. The molecule has 0 aliphatic carbocycles. The van der Waals surface area contributed by atoms with E-state index >= 15 is 0 Å². The molecule has 2 aromatic carbocycles. The van der Waals surface area contributed by atoms with E-state index in [4.69, 9.17) is 4.74 Å². The first-order chi connectivity index (χ1) is 8.61. The summed E-state index contributed by atoms with van der Waals surface area (Å²) in [7, 11) is 1.54. The first-order valence-corrected chi connectivity index (χ1v) is 5.32. The van der Waals surface area contributed by atoms with Crippen molar-refractivity contribution in [3.05, 3.63) is 53.6 Å². The minimum absolute atomic E-state index is 0.0845. The lowest BCUT2D eigenvalue weighted by molar-refractivity contribution is 0.103. The average molecular weight is 244 g/mol. The first kappa shape index (κ1) is 12.0. The number of rotatable bonds is 3. The molecule has 0 aliphatic heterocycles. The smallest absolute Gasteiger partial charge is 0.196 e. The minimum atomic E-state index is -0.310. The molecule has 4 nitrogen and oxygen atoms in total. The third-order valence-corrected chi connectivity index (χ3v) is 2.58. The largest absolute Gasteiger partial charge is 0.508 e. The molecule has 0 aliphatic rings. The second-order valence-corrected chi connectivity index (χ2v) is 3.76. The van der Waals surface area contributed by atoms with E-state index in [-0.39, 0.29) is 22.8 Å². The van der Waals surface area contributed by atoms with Crippen molar-refractivity contribution in [3.63, 3.8) is 0 Å². The van der Waals surface area contributed by atoms with Crippen molar-refractivity contribution < 1.29 is 19.7 Å². The maximum absolute atomic E-state index is 12.1. The molecule has 0 atom stereocenters. The van der Waals surface area contributed by atoms with Crippen molar-refractivity contribution in [2.75, 3.05) is 7.11 Å². The summed E-state index contributed by atoms with van der Waals surface area (Å²) in [6.07, 6.45) is 0. The van der Waals surface area contributed by atoms with Crippen LogP contribution < -0.4 is 4.74 Å². The molecule has 0 amide bonds. The summed E-state index contributed by atoms with van der Waals surface area (Å²) in [5, 5.41) is 18.8. The zero-order chi connectivity index (χ0) is 13.1. The van der Waals surface area contributed by atoms with E-state index in [2.05, 4.69) is 0 Å². The zero-order valence-electron chi connectivity index (χ0n) is 9.75. The van der Waals surface area contributed by atoms with Crippen LogP contribution in [0.5, 0.6) is 17.2 Å². The summed E-state index contributed by atoms with van der Waals surface area (Å²) < 4.78 is 5.00. The van der Waals surface area contributed by atoms with Gasteiger partial charge in [0, 0.05) is 11.6 Å². The van der Waals surface area contributed by atoms with Gasteiger partial charge in [0.2, 0.25) is 0 Å². The Hall–Kier alpha value is -2.49. The normalized spacial score (nSPS) is 10.1. The number of ether oxygens (including phenoxy) is 1. The number of phenolic OH excluding ortho intramolecular Hbond substituents is 2. The van der Waals surface area contributed by atoms with Crippen molar-refractivity contribution in [1.29, 1.82) is 0 Å². The Morgan fingerprint density at radius 1 is 1.06 bits per heavy atom. The van der Waals surface area contributed by atoms with E-state index in [1.54, 1.807) is 31.4 Å². The van der Waals surface area contributed by atoms with E-state index < -0.39 is 0 Å². The number of benzene rings is 2. The van der Waals surface area contributed by atoms with Crippen molar-refractivity contribution in [3.8, 4) is 17.2 Å². The summed E-state index contributed by atoms with van der Waals surface area (Å²) >= 11 is 0. The molecule has 2 N–H and O–H groups in total. The number of hydrogen-bond donors (Lipinski definition) is 2. The Morgan fingerprint density at radius 3 is 2.28 bits per heavy atom. The molecule has 0 saturated carbocycles. The van der Waals surface area contributed by atoms with Crippen LogP contribution in [0.15, 0.2) is 42.5 Å². The molecule has 0 spiro atoms. The van der Waals surface area contributed by atoms with Crippen molar-refractivity contribution in [2.45, 2.75) is 0 Å². The molecule has 0 radical (unpaired) electrons. The van der Waals surface area contributed by atoms with E-state index in [0.717, 1.165) is 6.07 Å². The monoisotopic (exact) mass is 244 g/mol. The maximum Gasteiger partial charge on any atom is 0.196 e. The summed E-state index contributed by atoms with van der Waals surface area (Å²) in [6, 6.07) is 10.5. The van der Waals surface area contributed by atoms with Gasteiger partial charge in [0.25, 0.3) is 0 Å². The molecule has 2 rings (SSSR count). The quantitative estimate of drug-likeness (QED) is 0.813. The lowest BCUT2D eigenvalue weighted by atomic mass is 10.0. The molecule has 0 saturated heterocycles. The van der Waals surface area contributed by atoms with Gasteiger partial charge in [-0.15, -0.1) is 0 Å². The van der Waals surface area contributed by atoms with Gasteiger partial charge >= 0.3 is 0 Å². The van der Waals surface area contributed by atoms with Gasteiger partial charge in [-0.2, -0.15) is 0 Å². The number of methoxy groups -OCH3 is 1. The molecule has 0 bridgehead atoms. The first-order valence-electron chi connectivity index (χ1n) is 5.32. The van der Waals surface area contributed by atoms with E-state index in [1.807, 2.05) is 0 Å². The Balaban J connectivity index is 2.35. The minimum Gasteiger partial charge on any atom is -0.508 e. The molecular formula is C14H12O4. The van der Waals surface area contributed by atoms with Crippen molar-refractivity contribution >= 4 is 5.78 Å². The number of phenols is 2.